The second kappa shape index (κ2) is 8.23. The standard InChI is InChI=1S/C21H26N2O3S/c1-15(2)23-27(25,26)20-11-9-19(10-12-20)22-21(24)14-16-7-8-17-5-3-4-6-18(17)13-16/h7-13,15,23H,3-6,14H2,1-2H3,(H,22,24). The summed E-state index contributed by atoms with van der Waals surface area (Å²) < 4.78 is 26.8. The van der Waals surface area contributed by atoms with Crippen molar-refractivity contribution in [2.75, 3.05) is 5.32 Å². The quantitative estimate of drug-likeness (QED) is 0.799. The third-order valence-electron chi connectivity index (χ3n) is 4.62. The van der Waals surface area contributed by atoms with Gasteiger partial charge in [0.2, 0.25) is 15.9 Å². The molecule has 1 aliphatic carbocycles. The summed E-state index contributed by atoms with van der Waals surface area (Å²) in [4.78, 5) is 12.5. The lowest BCUT2D eigenvalue weighted by Gasteiger charge is -2.16. The van der Waals surface area contributed by atoms with Crippen LogP contribution in [-0.4, -0.2) is 20.4 Å². The Labute approximate surface area is 161 Å². The first-order chi connectivity index (χ1) is 12.8. The number of aryl methyl sites for hydroxylation is 2. The van der Waals surface area contributed by atoms with Gasteiger partial charge in [-0.2, -0.15) is 0 Å². The Bertz CT molecular complexity index is 919. The van der Waals surface area contributed by atoms with E-state index in [1.54, 1.807) is 26.0 Å². The molecule has 2 aromatic rings. The zero-order valence-electron chi connectivity index (χ0n) is 15.8. The molecule has 1 amide bonds. The maximum absolute atomic E-state index is 12.3. The highest BCUT2D eigenvalue weighted by atomic mass is 32.2. The second-order valence-electron chi connectivity index (χ2n) is 7.34. The van der Waals surface area contributed by atoms with Gasteiger partial charge in [0.1, 0.15) is 0 Å². The van der Waals surface area contributed by atoms with Gasteiger partial charge in [-0.25, -0.2) is 13.1 Å². The van der Waals surface area contributed by atoms with Gasteiger partial charge in [-0.05, 0) is 80.5 Å². The lowest BCUT2D eigenvalue weighted by Crippen LogP contribution is -2.30. The van der Waals surface area contributed by atoms with Crippen LogP contribution in [0.2, 0.25) is 0 Å². The van der Waals surface area contributed by atoms with Gasteiger partial charge in [-0.3, -0.25) is 4.79 Å². The predicted molar refractivity (Wildman–Crippen MR) is 107 cm³/mol. The molecule has 27 heavy (non-hydrogen) atoms. The summed E-state index contributed by atoms with van der Waals surface area (Å²) in [5, 5.41) is 2.84. The highest BCUT2D eigenvalue weighted by Gasteiger charge is 2.15. The fourth-order valence-electron chi connectivity index (χ4n) is 3.38. The van der Waals surface area contributed by atoms with Crippen molar-refractivity contribution < 1.29 is 13.2 Å². The highest BCUT2D eigenvalue weighted by molar-refractivity contribution is 7.89. The fourth-order valence-corrected chi connectivity index (χ4v) is 4.63. The number of hydrogen-bond acceptors (Lipinski definition) is 3. The number of hydrogen-bond donors (Lipinski definition) is 2. The van der Waals surface area contributed by atoms with Crippen LogP contribution in [0.15, 0.2) is 47.4 Å². The summed E-state index contributed by atoms with van der Waals surface area (Å²) >= 11 is 0. The van der Waals surface area contributed by atoms with Gasteiger partial charge in [0, 0.05) is 11.7 Å². The van der Waals surface area contributed by atoms with E-state index in [2.05, 4.69) is 22.2 Å². The van der Waals surface area contributed by atoms with Crippen LogP contribution in [0.1, 0.15) is 43.4 Å². The number of benzene rings is 2. The Morgan fingerprint density at radius 2 is 1.67 bits per heavy atom. The minimum atomic E-state index is -3.52. The number of rotatable bonds is 6. The van der Waals surface area contributed by atoms with E-state index in [0.717, 1.165) is 18.4 Å². The number of amides is 1. The van der Waals surface area contributed by atoms with Crippen molar-refractivity contribution in [3.05, 3.63) is 59.2 Å². The maximum Gasteiger partial charge on any atom is 0.240 e. The van der Waals surface area contributed by atoms with Gasteiger partial charge >= 0.3 is 0 Å². The SMILES string of the molecule is CC(C)NS(=O)(=O)c1ccc(NC(=O)Cc2ccc3c(c2)CCCC3)cc1. The topological polar surface area (TPSA) is 75.3 Å². The molecule has 0 fully saturated rings. The third kappa shape index (κ3) is 5.17. The Morgan fingerprint density at radius 3 is 2.33 bits per heavy atom. The third-order valence-corrected chi connectivity index (χ3v) is 6.29. The van der Waals surface area contributed by atoms with Crippen molar-refractivity contribution in [2.24, 2.45) is 0 Å². The Hall–Kier alpha value is -2.18. The normalized spacial score (nSPS) is 14.0. The molecule has 5 nitrogen and oxygen atoms in total. The van der Waals surface area contributed by atoms with Crippen molar-refractivity contribution >= 4 is 21.6 Å². The molecule has 0 aliphatic heterocycles. The molecule has 0 radical (unpaired) electrons. The molecular weight excluding hydrogens is 360 g/mol. The summed E-state index contributed by atoms with van der Waals surface area (Å²) in [6.45, 7) is 3.54. The number of fused-ring (bicyclic) bond motifs is 1. The van der Waals surface area contributed by atoms with E-state index in [1.165, 1.54) is 36.1 Å². The van der Waals surface area contributed by atoms with Crippen LogP contribution in [-0.2, 0) is 34.1 Å². The smallest absolute Gasteiger partial charge is 0.240 e. The summed E-state index contributed by atoms with van der Waals surface area (Å²) in [6, 6.07) is 12.3. The summed E-state index contributed by atoms with van der Waals surface area (Å²) in [7, 11) is -3.52. The molecule has 144 valence electrons. The van der Waals surface area contributed by atoms with Crippen molar-refractivity contribution in [1.29, 1.82) is 0 Å². The second-order valence-corrected chi connectivity index (χ2v) is 9.05. The lowest BCUT2D eigenvalue weighted by atomic mass is 9.90. The van der Waals surface area contributed by atoms with Crippen molar-refractivity contribution in [3.8, 4) is 0 Å². The molecule has 0 atom stereocenters. The minimum absolute atomic E-state index is 0.110. The lowest BCUT2D eigenvalue weighted by molar-refractivity contribution is -0.115. The zero-order chi connectivity index (χ0) is 19.4. The molecule has 0 aromatic heterocycles. The van der Waals surface area contributed by atoms with Gasteiger partial charge in [0.05, 0.1) is 11.3 Å². The average Bonchev–Trinajstić information content (AvgIpc) is 2.61. The van der Waals surface area contributed by atoms with E-state index in [1.807, 2.05) is 6.07 Å². The first kappa shape index (κ1) is 19.6. The van der Waals surface area contributed by atoms with E-state index in [-0.39, 0.29) is 16.8 Å². The van der Waals surface area contributed by atoms with Crippen LogP contribution < -0.4 is 10.0 Å². The minimum Gasteiger partial charge on any atom is -0.326 e. The number of carbonyl (C=O) groups excluding carboxylic acids is 1. The van der Waals surface area contributed by atoms with Gasteiger partial charge in [-0.15, -0.1) is 0 Å². The first-order valence-electron chi connectivity index (χ1n) is 9.36. The number of carbonyl (C=O) groups is 1. The van der Waals surface area contributed by atoms with Crippen LogP contribution in [0.5, 0.6) is 0 Å². The highest BCUT2D eigenvalue weighted by Crippen LogP contribution is 2.22. The van der Waals surface area contributed by atoms with Crippen molar-refractivity contribution in [3.63, 3.8) is 0 Å². The molecule has 2 aromatic carbocycles. The molecule has 0 bridgehead atoms. The molecule has 3 rings (SSSR count). The number of sulfonamides is 1. The zero-order valence-corrected chi connectivity index (χ0v) is 16.6. The molecule has 2 N–H and O–H groups in total. The molecule has 1 aliphatic rings. The van der Waals surface area contributed by atoms with Gasteiger partial charge in [0.15, 0.2) is 0 Å². The van der Waals surface area contributed by atoms with E-state index >= 15 is 0 Å². The van der Waals surface area contributed by atoms with E-state index in [4.69, 9.17) is 0 Å². The van der Waals surface area contributed by atoms with E-state index in [9.17, 15) is 13.2 Å². The largest absolute Gasteiger partial charge is 0.326 e. The van der Waals surface area contributed by atoms with Crippen LogP contribution in [0.4, 0.5) is 5.69 Å². The number of anilines is 1. The van der Waals surface area contributed by atoms with E-state index < -0.39 is 10.0 Å². The molecule has 0 spiro atoms. The Kier molecular flexibility index (Phi) is 5.97. The molecule has 0 unspecified atom stereocenters. The Morgan fingerprint density at radius 1 is 1.00 bits per heavy atom. The number of nitrogens with one attached hydrogen (secondary N) is 2. The Balaban J connectivity index is 1.63. The summed E-state index contributed by atoms with van der Waals surface area (Å²) in [6.07, 6.45) is 4.98. The first-order valence-corrected chi connectivity index (χ1v) is 10.8. The summed E-state index contributed by atoms with van der Waals surface area (Å²) in [5.41, 5.74) is 4.35. The maximum atomic E-state index is 12.3. The monoisotopic (exact) mass is 386 g/mol. The van der Waals surface area contributed by atoms with Crippen LogP contribution in [0, 0.1) is 0 Å². The molecular formula is C21H26N2O3S. The molecule has 0 saturated carbocycles. The fraction of sp³-hybridized carbons (Fsp3) is 0.381. The predicted octanol–water partition coefficient (Wildman–Crippen LogP) is 3.43. The molecule has 0 heterocycles. The molecule has 6 heteroatoms. The average molecular weight is 387 g/mol. The van der Waals surface area contributed by atoms with E-state index in [0.29, 0.717) is 12.1 Å². The van der Waals surface area contributed by atoms with Gasteiger partial charge in [0.25, 0.3) is 0 Å². The van der Waals surface area contributed by atoms with Crippen molar-refractivity contribution in [1.82, 2.24) is 4.72 Å². The van der Waals surface area contributed by atoms with Gasteiger partial charge < -0.3 is 5.32 Å². The van der Waals surface area contributed by atoms with Gasteiger partial charge in [-0.1, -0.05) is 18.2 Å². The van der Waals surface area contributed by atoms with Crippen LogP contribution in [0.3, 0.4) is 0 Å². The van der Waals surface area contributed by atoms with Crippen LogP contribution >= 0.6 is 0 Å². The summed E-state index contributed by atoms with van der Waals surface area (Å²) in [5.74, 6) is -0.110. The van der Waals surface area contributed by atoms with Crippen molar-refractivity contribution in [2.45, 2.75) is 56.9 Å². The van der Waals surface area contributed by atoms with Crippen LogP contribution in [0.25, 0.3) is 0 Å². The molecule has 0 saturated heterocycles.